The van der Waals surface area contributed by atoms with Crippen molar-refractivity contribution < 1.29 is 9.31 Å². The Kier molecular flexibility index (Phi) is 4.86. The molecule has 0 saturated heterocycles. The lowest BCUT2D eigenvalue weighted by atomic mass is 10.0. The number of halogens is 2. The highest BCUT2D eigenvalue weighted by Gasteiger charge is 2.23. The molecule has 5 nitrogen and oxygen atoms in total. The molecule has 1 aromatic carbocycles. The molecule has 0 amide bonds. The highest BCUT2D eigenvalue weighted by atomic mass is 79.9. The summed E-state index contributed by atoms with van der Waals surface area (Å²) in [6.45, 7) is 4.43. The van der Waals surface area contributed by atoms with Gasteiger partial charge in [0.15, 0.2) is 0 Å². The first-order valence-electron chi connectivity index (χ1n) is 5.70. The fraction of sp³-hybridized carbons (Fsp3) is 0.500. The number of hydrogen-bond acceptors (Lipinski definition) is 4. The molecule has 0 aliphatic heterocycles. The molecule has 0 aliphatic carbocycles. The maximum absolute atomic E-state index is 13.5. The second kappa shape index (κ2) is 5.83. The molecule has 19 heavy (non-hydrogen) atoms. The topological polar surface area (TPSA) is 58.4 Å². The predicted molar refractivity (Wildman–Crippen MR) is 77.0 cm³/mol. The van der Waals surface area contributed by atoms with Crippen LogP contribution in [0, 0.1) is 15.9 Å². The number of nitro groups is 1. The average Bonchev–Trinajstić information content (AvgIpc) is 2.29. The number of likely N-dealkylation sites (N-methyl/N-ethyl adjacent to an activating group) is 1. The minimum atomic E-state index is -0.533. The van der Waals surface area contributed by atoms with Crippen LogP contribution in [0.4, 0.5) is 15.8 Å². The number of nitro benzene ring substituents is 1. The first kappa shape index (κ1) is 15.8. The van der Waals surface area contributed by atoms with Crippen LogP contribution in [-0.4, -0.2) is 36.0 Å². The largest absolute Gasteiger partial charge is 0.378 e. The van der Waals surface area contributed by atoms with Gasteiger partial charge in [-0.1, -0.05) is 0 Å². The molecule has 0 heterocycles. The lowest BCUT2D eigenvalue weighted by Gasteiger charge is -2.32. The Morgan fingerprint density at radius 2 is 2.05 bits per heavy atom. The normalized spacial score (nSPS) is 11.7. The van der Waals surface area contributed by atoms with Gasteiger partial charge in [-0.15, -0.1) is 0 Å². The molecule has 0 unspecified atom stereocenters. The fourth-order valence-corrected chi connectivity index (χ4v) is 1.63. The van der Waals surface area contributed by atoms with E-state index < -0.39 is 10.7 Å². The number of nitrogens with zero attached hydrogens (tertiary/aromatic N) is 2. The zero-order valence-electron chi connectivity index (χ0n) is 11.3. The van der Waals surface area contributed by atoms with Crippen molar-refractivity contribution in [3.8, 4) is 0 Å². The van der Waals surface area contributed by atoms with E-state index >= 15 is 0 Å². The van der Waals surface area contributed by atoms with Crippen LogP contribution in [0.15, 0.2) is 16.6 Å². The van der Waals surface area contributed by atoms with Gasteiger partial charge in [-0.3, -0.25) is 10.1 Å². The quantitative estimate of drug-likeness (QED) is 0.663. The van der Waals surface area contributed by atoms with Gasteiger partial charge in [-0.2, -0.15) is 0 Å². The molecule has 1 N–H and O–H groups in total. The van der Waals surface area contributed by atoms with Crippen LogP contribution in [0.5, 0.6) is 0 Å². The summed E-state index contributed by atoms with van der Waals surface area (Å²) in [5.74, 6) is -0.532. The summed E-state index contributed by atoms with van der Waals surface area (Å²) in [6, 6.07) is 2.30. The molecular weight excluding hydrogens is 317 g/mol. The molecule has 0 atom stereocenters. The van der Waals surface area contributed by atoms with Crippen molar-refractivity contribution >= 4 is 27.3 Å². The minimum Gasteiger partial charge on any atom is -0.378 e. The van der Waals surface area contributed by atoms with Crippen molar-refractivity contribution in [2.45, 2.75) is 19.4 Å². The molecule has 0 saturated carbocycles. The van der Waals surface area contributed by atoms with E-state index in [2.05, 4.69) is 21.2 Å². The van der Waals surface area contributed by atoms with Crippen LogP contribution in [0.3, 0.4) is 0 Å². The molecule has 0 aromatic heterocycles. The lowest BCUT2D eigenvalue weighted by molar-refractivity contribution is -0.384. The molecule has 0 radical (unpaired) electrons. The average molecular weight is 334 g/mol. The van der Waals surface area contributed by atoms with Gasteiger partial charge < -0.3 is 10.2 Å². The third-order valence-corrected chi connectivity index (χ3v) is 3.77. The first-order chi connectivity index (χ1) is 8.65. The lowest BCUT2D eigenvalue weighted by Crippen LogP contribution is -2.44. The summed E-state index contributed by atoms with van der Waals surface area (Å²) in [5.41, 5.74) is -0.180. The van der Waals surface area contributed by atoms with E-state index in [9.17, 15) is 14.5 Å². The summed E-state index contributed by atoms with van der Waals surface area (Å²) in [6.07, 6.45) is 0. The Hall–Kier alpha value is -1.21. The fourth-order valence-electron chi connectivity index (χ4n) is 1.30. The number of benzene rings is 1. The molecule has 0 fully saturated rings. The summed E-state index contributed by atoms with van der Waals surface area (Å²) in [4.78, 5) is 12.4. The molecule has 0 spiro atoms. The van der Waals surface area contributed by atoms with Crippen LogP contribution < -0.4 is 5.32 Å². The first-order valence-corrected chi connectivity index (χ1v) is 6.49. The second-order valence-corrected chi connectivity index (χ2v) is 5.96. The molecule has 0 aliphatic rings. The summed E-state index contributed by atoms with van der Waals surface area (Å²) >= 11 is 2.95. The van der Waals surface area contributed by atoms with Gasteiger partial charge in [-0.05, 0) is 43.9 Å². The zero-order valence-corrected chi connectivity index (χ0v) is 12.9. The smallest absolute Gasteiger partial charge is 0.293 e. The SMILES string of the molecule is CN(C)C(C)(C)CNc1cc(F)c(Br)cc1[N+](=O)[O-]. The van der Waals surface area contributed by atoms with Gasteiger partial charge in [0.25, 0.3) is 5.69 Å². The molecule has 1 rings (SSSR count). The molecule has 7 heteroatoms. The van der Waals surface area contributed by atoms with Crippen LogP contribution in [0.1, 0.15) is 13.8 Å². The van der Waals surface area contributed by atoms with Crippen LogP contribution in [-0.2, 0) is 0 Å². The van der Waals surface area contributed by atoms with E-state index in [0.717, 1.165) is 6.07 Å². The van der Waals surface area contributed by atoms with E-state index in [1.165, 1.54) is 6.07 Å². The third-order valence-electron chi connectivity index (χ3n) is 3.16. The number of rotatable bonds is 5. The zero-order chi connectivity index (χ0) is 14.8. The molecular formula is C12H17BrFN3O2. The maximum Gasteiger partial charge on any atom is 0.293 e. The van der Waals surface area contributed by atoms with Gasteiger partial charge in [0, 0.05) is 24.2 Å². The Labute approximate surface area is 120 Å². The maximum atomic E-state index is 13.5. The number of nitrogens with one attached hydrogen (secondary N) is 1. The highest BCUT2D eigenvalue weighted by molar-refractivity contribution is 9.10. The predicted octanol–water partition coefficient (Wildman–Crippen LogP) is 3.25. The number of anilines is 1. The van der Waals surface area contributed by atoms with Gasteiger partial charge in [0.2, 0.25) is 0 Å². The van der Waals surface area contributed by atoms with Crippen LogP contribution >= 0.6 is 15.9 Å². The third kappa shape index (κ3) is 3.87. The Bertz CT molecular complexity index is 492. The van der Waals surface area contributed by atoms with Crippen molar-refractivity contribution in [1.29, 1.82) is 0 Å². The van der Waals surface area contributed by atoms with Crippen molar-refractivity contribution in [3.63, 3.8) is 0 Å². The summed E-state index contributed by atoms with van der Waals surface area (Å²) < 4.78 is 13.6. The Morgan fingerprint density at radius 1 is 1.47 bits per heavy atom. The molecule has 0 bridgehead atoms. The summed E-state index contributed by atoms with van der Waals surface area (Å²) in [7, 11) is 3.83. The van der Waals surface area contributed by atoms with Crippen molar-refractivity contribution in [3.05, 3.63) is 32.5 Å². The van der Waals surface area contributed by atoms with Crippen molar-refractivity contribution in [1.82, 2.24) is 4.90 Å². The minimum absolute atomic E-state index is 0.0802. The standard InChI is InChI=1S/C12H17BrFN3O2/c1-12(2,16(3)4)7-15-10-6-9(14)8(13)5-11(10)17(18)19/h5-6,15H,7H2,1-4H3. The molecule has 1 aromatic rings. The monoisotopic (exact) mass is 333 g/mol. The van der Waals surface area contributed by atoms with E-state index in [1.807, 2.05) is 32.8 Å². The van der Waals surface area contributed by atoms with Crippen molar-refractivity contribution in [2.75, 3.05) is 26.0 Å². The van der Waals surface area contributed by atoms with Crippen molar-refractivity contribution in [2.24, 2.45) is 0 Å². The van der Waals surface area contributed by atoms with Gasteiger partial charge >= 0.3 is 0 Å². The van der Waals surface area contributed by atoms with E-state index in [4.69, 9.17) is 0 Å². The Balaban J connectivity index is 3.01. The summed E-state index contributed by atoms with van der Waals surface area (Å²) in [5, 5.41) is 13.9. The Morgan fingerprint density at radius 3 is 2.53 bits per heavy atom. The van der Waals surface area contributed by atoms with Gasteiger partial charge in [-0.25, -0.2) is 4.39 Å². The second-order valence-electron chi connectivity index (χ2n) is 5.10. The van der Waals surface area contributed by atoms with Gasteiger partial charge in [0.1, 0.15) is 11.5 Å². The highest BCUT2D eigenvalue weighted by Crippen LogP contribution is 2.31. The van der Waals surface area contributed by atoms with E-state index in [0.29, 0.717) is 6.54 Å². The van der Waals surface area contributed by atoms with Crippen LogP contribution in [0.25, 0.3) is 0 Å². The van der Waals surface area contributed by atoms with E-state index in [-0.39, 0.29) is 21.4 Å². The molecule has 106 valence electrons. The van der Waals surface area contributed by atoms with Crippen LogP contribution in [0.2, 0.25) is 0 Å². The number of hydrogen-bond donors (Lipinski definition) is 1. The van der Waals surface area contributed by atoms with E-state index in [1.54, 1.807) is 0 Å². The van der Waals surface area contributed by atoms with Gasteiger partial charge in [0.05, 0.1) is 9.40 Å².